The molecule has 2 aromatic rings. The Balaban J connectivity index is 0.000000256. The SMILES string of the molecule is O=C(O)C(F)(F)F.O=c1c2ccccc2ncn1C1CCNCC1. The van der Waals surface area contributed by atoms with E-state index >= 15 is 0 Å². The molecule has 6 nitrogen and oxygen atoms in total. The molecule has 1 aromatic heterocycles. The van der Waals surface area contributed by atoms with Gasteiger partial charge in [0.15, 0.2) is 0 Å². The van der Waals surface area contributed by atoms with Crippen LogP contribution in [-0.2, 0) is 4.79 Å². The van der Waals surface area contributed by atoms with Crippen LogP contribution in [0.1, 0.15) is 18.9 Å². The van der Waals surface area contributed by atoms with Crippen LogP contribution in [0.2, 0.25) is 0 Å². The predicted octanol–water partition coefficient (Wildman–Crippen LogP) is 1.95. The summed E-state index contributed by atoms with van der Waals surface area (Å²) in [4.78, 5) is 25.6. The van der Waals surface area contributed by atoms with E-state index in [0.717, 1.165) is 31.4 Å². The quantitative estimate of drug-likeness (QED) is 0.827. The van der Waals surface area contributed by atoms with Gasteiger partial charge < -0.3 is 10.4 Å². The monoisotopic (exact) mass is 343 g/mol. The predicted molar refractivity (Wildman–Crippen MR) is 80.8 cm³/mol. The normalized spacial score (nSPS) is 15.6. The van der Waals surface area contributed by atoms with Crippen LogP contribution in [-0.4, -0.2) is 39.9 Å². The number of alkyl halides is 3. The van der Waals surface area contributed by atoms with E-state index in [9.17, 15) is 18.0 Å². The fourth-order valence-corrected chi connectivity index (χ4v) is 2.43. The molecule has 0 bridgehead atoms. The van der Waals surface area contributed by atoms with Gasteiger partial charge in [0.2, 0.25) is 0 Å². The van der Waals surface area contributed by atoms with Crippen molar-refractivity contribution in [1.29, 1.82) is 0 Å². The molecule has 1 aromatic carbocycles. The number of carboxylic acid groups (broad SMARTS) is 1. The number of rotatable bonds is 1. The number of hydrogen-bond acceptors (Lipinski definition) is 4. The maximum Gasteiger partial charge on any atom is 0.490 e. The van der Waals surface area contributed by atoms with Crippen LogP contribution < -0.4 is 10.9 Å². The second kappa shape index (κ2) is 7.43. The summed E-state index contributed by atoms with van der Waals surface area (Å²) >= 11 is 0. The Morgan fingerprint density at radius 2 is 1.83 bits per heavy atom. The van der Waals surface area contributed by atoms with Gasteiger partial charge in [0.25, 0.3) is 5.56 Å². The number of hydrogen-bond donors (Lipinski definition) is 2. The molecular formula is C15H16F3N3O3. The number of carbonyl (C=O) groups is 1. The molecule has 0 unspecified atom stereocenters. The van der Waals surface area contributed by atoms with Gasteiger partial charge in [0.1, 0.15) is 0 Å². The Hall–Kier alpha value is -2.42. The zero-order chi connectivity index (χ0) is 17.7. The summed E-state index contributed by atoms with van der Waals surface area (Å²) in [7, 11) is 0. The van der Waals surface area contributed by atoms with E-state index in [-0.39, 0.29) is 5.56 Å². The van der Waals surface area contributed by atoms with Gasteiger partial charge >= 0.3 is 12.1 Å². The summed E-state index contributed by atoms with van der Waals surface area (Å²) in [6.45, 7) is 1.95. The molecule has 0 amide bonds. The Labute approximate surface area is 134 Å². The first-order valence-electron chi connectivity index (χ1n) is 7.27. The van der Waals surface area contributed by atoms with Crippen molar-refractivity contribution < 1.29 is 23.1 Å². The number of carboxylic acids is 1. The second-order valence-corrected chi connectivity index (χ2v) is 5.26. The molecule has 1 aliphatic rings. The first kappa shape index (κ1) is 17.9. The molecule has 24 heavy (non-hydrogen) atoms. The number of nitrogens with one attached hydrogen (secondary N) is 1. The fraction of sp³-hybridized carbons (Fsp3) is 0.400. The van der Waals surface area contributed by atoms with Crippen molar-refractivity contribution in [3.05, 3.63) is 40.9 Å². The zero-order valence-corrected chi connectivity index (χ0v) is 12.6. The molecule has 9 heteroatoms. The molecule has 0 radical (unpaired) electrons. The Morgan fingerprint density at radius 3 is 2.42 bits per heavy atom. The summed E-state index contributed by atoms with van der Waals surface area (Å²) in [5.74, 6) is -2.76. The van der Waals surface area contributed by atoms with Crippen molar-refractivity contribution in [3.63, 3.8) is 0 Å². The number of aromatic nitrogens is 2. The van der Waals surface area contributed by atoms with Crippen LogP contribution in [0.3, 0.4) is 0 Å². The summed E-state index contributed by atoms with van der Waals surface area (Å²) < 4.78 is 33.5. The van der Waals surface area contributed by atoms with Gasteiger partial charge in [-0.3, -0.25) is 9.36 Å². The van der Waals surface area contributed by atoms with Gasteiger partial charge in [-0.15, -0.1) is 0 Å². The molecule has 0 atom stereocenters. The molecule has 2 heterocycles. The number of piperidine rings is 1. The molecule has 0 aliphatic carbocycles. The van der Waals surface area contributed by atoms with Crippen molar-refractivity contribution >= 4 is 16.9 Å². The second-order valence-electron chi connectivity index (χ2n) is 5.26. The Bertz CT molecular complexity index is 768. The number of benzene rings is 1. The highest BCUT2D eigenvalue weighted by Crippen LogP contribution is 2.17. The van der Waals surface area contributed by atoms with E-state index in [4.69, 9.17) is 9.90 Å². The van der Waals surface area contributed by atoms with Crippen LogP contribution in [0.5, 0.6) is 0 Å². The van der Waals surface area contributed by atoms with Crippen molar-refractivity contribution in [3.8, 4) is 0 Å². The topological polar surface area (TPSA) is 84.2 Å². The number of para-hydroxylation sites is 1. The lowest BCUT2D eigenvalue weighted by Gasteiger charge is -2.24. The van der Waals surface area contributed by atoms with Crippen molar-refractivity contribution in [1.82, 2.24) is 14.9 Å². The minimum absolute atomic E-state index is 0.0856. The first-order chi connectivity index (χ1) is 11.3. The molecule has 1 aliphatic heterocycles. The zero-order valence-electron chi connectivity index (χ0n) is 12.6. The molecule has 2 N–H and O–H groups in total. The third-order valence-electron chi connectivity index (χ3n) is 3.63. The van der Waals surface area contributed by atoms with Gasteiger partial charge in [-0.2, -0.15) is 13.2 Å². The highest BCUT2D eigenvalue weighted by Gasteiger charge is 2.38. The molecule has 130 valence electrons. The average molecular weight is 343 g/mol. The van der Waals surface area contributed by atoms with Crippen molar-refractivity contribution in [2.75, 3.05) is 13.1 Å². The minimum atomic E-state index is -5.08. The molecule has 0 spiro atoms. The van der Waals surface area contributed by atoms with Gasteiger partial charge in [0.05, 0.1) is 17.2 Å². The van der Waals surface area contributed by atoms with Crippen LogP contribution in [0.15, 0.2) is 35.4 Å². The lowest BCUT2D eigenvalue weighted by molar-refractivity contribution is -0.192. The smallest absolute Gasteiger partial charge is 0.475 e. The van der Waals surface area contributed by atoms with Crippen molar-refractivity contribution in [2.24, 2.45) is 0 Å². The number of nitrogens with zero attached hydrogens (tertiary/aromatic N) is 2. The summed E-state index contributed by atoms with van der Waals surface area (Å²) in [5, 5.41) is 11.1. The largest absolute Gasteiger partial charge is 0.490 e. The molecule has 3 rings (SSSR count). The summed E-state index contributed by atoms with van der Waals surface area (Å²) in [5.41, 5.74) is 0.866. The Morgan fingerprint density at radius 1 is 1.25 bits per heavy atom. The Kier molecular flexibility index (Phi) is 5.55. The average Bonchev–Trinajstić information content (AvgIpc) is 2.56. The van der Waals surface area contributed by atoms with Crippen LogP contribution in [0.25, 0.3) is 10.9 Å². The van der Waals surface area contributed by atoms with E-state index in [1.165, 1.54) is 0 Å². The van der Waals surface area contributed by atoms with Crippen LogP contribution in [0.4, 0.5) is 13.2 Å². The van der Waals surface area contributed by atoms with Crippen molar-refractivity contribution in [2.45, 2.75) is 25.1 Å². The maximum absolute atomic E-state index is 12.3. The number of fused-ring (bicyclic) bond motifs is 1. The molecule has 1 fully saturated rings. The minimum Gasteiger partial charge on any atom is -0.475 e. The highest BCUT2D eigenvalue weighted by atomic mass is 19.4. The van der Waals surface area contributed by atoms with Gasteiger partial charge in [0, 0.05) is 6.04 Å². The summed E-state index contributed by atoms with van der Waals surface area (Å²) in [6.07, 6.45) is -1.39. The van der Waals surface area contributed by atoms with Gasteiger partial charge in [-0.05, 0) is 38.1 Å². The fourth-order valence-electron chi connectivity index (χ4n) is 2.43. The standard InChI is InChI=1S/C13H15N3O.C2HF3O2/c17-13-11-3-1-2-4-12(11)15-9-16(13)10-5-7-14-8-6-10;3-2(4,5)1(6)7/h1-4,9-10,14H,5-8H2;(H,6,7). The van der Waals surface area contributed by atoms with Gasteiger partial charge in [-0.25, -0.2) is 9.78 Å². The first-order valence-corrected chi connectivity index (χ1v) is 7.27. The third kappa shape index (κ3) is 4.31. The number of aliphatic carboxylic acids is 1. The lowest BCUT2D eigenvalue weighted by Crippen LogP contribution is -2.34. The lowest BCUT2D eigenvalue weighted by atomic mass is 10.1. The van der Waals surface area contributed by atoms with E-state index in [1.807, 2.05) is 24.3 Å². The van der Waals surface area contributed by atoms with E-state index in [0.29, 0.717) is 11.4 Å². The highest BCUT2D eigenvalue weighted by molar-refractivity contribution is 5.76. The molecule has 0 saturated carbocycles. The molecule has 1 saturated heterocycles. The van der Waals surface area contributed by atoms with Crippen LogP contribution in [0, 0.1) is 0 Å². The molecular weight excluding hydrogens is 327 g/mol. The maximum atomic E-state index is 12.3. The van der Waals surface area contributed by atoms with E-state index in [2.05, 4.69) is 10.3 Å². The van der Waals surface area contributed by atoms with E-state index < -0.39 is 12.1 Å². The van der Waals surface area contributed by atoms with E-state index in [1.54, 1.807) is 10.9 Å². The summed E-state index contributed by atoms with van der Waals surface area (Å²) in [6, 6.07) is 7.81. The van der Waals surface area contributed by atoms with Gasteiger partial charge in [-0.1, -0.05) is 12.1 Å². The van der Waals surface area contributed by atoms with Crippen LogP contribution >= 0.6 is 0 Å². The number of halogens is 3. The third-order valence-corrected chi connectivity index (χ3v) is 3.63.